The maximum Gasteiger partial charge on any atom is 0.294 e. The molecule has 0 bridgehead atoms. The minimum absolute atomic E-state index is 0.178. The van der Waals surface area contributed by atoms with Crippen molar-refractivity contribution in [3.05, 3.63) is 64.1 Å². The summed E-state index contributed by atoms with van der Waals surface area (Å²) < 4.78 is 0. The molecule has 1 heterocycles. The highest BCUT2D eigenvalue weighted by molar-refractivity contribution is 8.18. The van der Waals surface area contributed by atoms with E-state index in [1.165, 1.54) is 6.92 Å². The number of thioether (sulfide) groups is 1. The molecule has 7 nitrogen and oxygen atoms in total. The molecule has 0 aromatic heterocycles. The van der Waals surface area contributed by atoms with Gasteiger partial charge in [-0.3, -0.25) is 24.1 Å². The number of hydrogen-bond acceptors (Lipinski definition) is 5. The molecule has 2 aromatic carbocycles. The summed E-state index contributed by atoms with van der Waals surface area (Å²) in [6.45, 7) is 4.90. The van der Waals surface area contributed by atoms with Gasteiger partial charge in [-0.15, -0.1) is 0 Å². The summed E-state index contributed by atoms with van der Waals surface area (Å²) >= 11 is 0.794. The lowest BCUT2D eigenvalue weighted by Crippen LogP contribution is -2.36. The first-order chi connectivity index (χ1) is 14.2. The Labute approximate surface area is 178 Å². The average Bonchev–Trinajstić information content (AvgIpc) is 2.94. The van der Waals surface area contributed by atoms with E-state index in [0.717, 1.165) is 27.8 Å². The number of rotatable bonds is 5. The first-order valence-corrected chi connectivity index (χ1v) is 10.1. The van der Waals surface area contributed by atoms with Gasteiger partial charge >= 0.3 is 0 Å². The number of hydrogen-bond donors (Lipinski definition) is 2. The van der Waals surface area contributed by atoms with E-state index >= 15 is 0 Å². The molecule has 3 rings (SSSR count). The summed E-state index contributed by atoms with van der Waals surface area (Å²) in [4.78, 5) is 49.5. The first kappa shape index (κ1) is 21.3. The maximum absolute atomic E-state index is 12.6. The zero-order valence-corrected chi connectivity index (χ0v) is 17.6. The smallest absolute Gasteiger partial charge is 0.294 e. The van der Waals surface area contributed by atoms with E-state index < -0.39 is 17.1 Å². The fraction of sp³-hybridized carbons (Fsp3) is 0.182. The SMILES string of the molecule is CC(=O)Nc1ccc(/C=C2\SC(=O)N(CC(=O)Nc3cccc(C)c3C)C2=O)cc1. The standard InChI is InChI=1S/C22H21N3O4S/c1-13-5-4-6-18(14(13)2)24-20(27)12-25-21(28)19(30-22(25)29)11-16-7-9-17(10-8-16)23-15(3)26/h4-11H,12H2,1-3H3,(H,23,26)(H,24,27)/b19-11-. The van der Waals surface area contributed by atoms with Gasteiger partial charge < -0.3 is 10.6 Å². The van der Waals surface area contributed by atoms with Gasteiger partial charge in [-0.2, -0.15) is 0 Å². The third-order valence-corrected chi connectivity index (χ3v) is 5.49. The van der Waals surface area contributed by atoms with Gasteiger partial charge in [-0.05, 0) is 66.6 Å². The van der Waals surface area contributed by atoms with Crippen molar-refractivity contribution in [2.24, 2.45) is 0 Å². The number of imide groups is 1. The van der Waals surface area contributed by atoms with Gasteiger partial charge in [0, 0.05) is 18.3 Å². The van der Waals surface area contributed by atoms with Gasteiger partial charge in [0.1, 0.15) is 6.54 Å². The van der Waals surface area contributed by atoms with Gasteiger partial charge in [0.05, 0.1) is 4.91 Å². The highest BCUT2D eigenvalue weighted by Gasteiger charge is 2.36. The Kier molecular flexibility index (Phi) is 6.37. The number of amides is 4. The molecule has 0 spiro atoms. The molecular weight excluding hydrogens is 402 g/mol. The summed E-state index contributed by atoms with van der Waals surface area (Å²) in [5, 5.41) is 4.93. The van der Waals surface area contributed by atoms with Crippen LogP contribution in [-0.2, 0) is 14.4 Å². The molecule has 1 saturated heterocycles. The zero-order valence-electron chi connectivity index (χ0n) is 16.8. The Hall–Kier alpha value is -3.39. The fourth-order valence-electron chi connectivity index (χ4n) is 2.87. The minimum Gasteiger partial charge on any atom is -0.326 e. The van der Waals surface area contributed by atoms with Gasteiger partial charge in [0.15, 0.2) is 0 Å². The molecule has 154 valence electrons. The quantitative estimate of drug-likeness (QED) is 0.711. The van der Waals surface area contributed by atoms with Gasteiger partial charge in [0.25, 0.3) is 11.1 Å². The van der Waals surface area contributed by atoms with Crippen molar-refractivity contribution in [1.29, 1.82) is 0 Å². The van der Waals surface area contributed by atoms with Crippen LogP contribution in [0.15, 0.2) is 47.4 Å². The monoisotopic (exact) mass is 423 g/mol. The summed E-state index contributed by atoms with van der Waals surface area (Å²) in [5.41, 5.74) is 3.96. The van der Waals surface area contributed by atoms with E-state index in [2.05, 4.69) is 10.6 Å². The highest BCUT2D eigenvalue weighted by atomic mass is 32.2. The second-order valence-corrected chi connectivity index (χ2v) is 7.86. The molecule has 1 aliphatic rings. The summed E-state index contributed by atoms with van der Waals surface area (Å²) in [5.74, 6) is -1.12. The lowest BCUT2D eigenvalue weighted by atomic mass is 10.1. The molecule has 2 aromatic rings. The predicted molar refractivity (Wildman–Crippen MR) is 118 cm³/mol. The predicted octanol–water partition coefficient (Wildman–Crippen LogP) is 3.94. The summed E-state index contributed by atoms with van der Waals surface area (Å²) in [7, 11) is 0. The van der Waals surface area contributed by atoms with Crippen LogP contribution < -0.4 is 10.6 Å². The molecule has 2 N–H and O–H groups in total. The topological polar surface area (TPSA) is 95.6 Å². The van der Waals surface area contributed by atoms with Crippen molar-refractivity contribution in [2.75, 3.05) is 17.2 Å². The Bertz CT molecular complexity index is 1060. The lowest BCUT2D eigenvalue weighted by Gasteiger charge is -2.14. The van der Waals surface area contributed by atoms with E-state index in [-0.39, 0.29) is 17.4 Å². The lowest BCUT2D eigenvalue weighted by molar-refractivity contribution is -0.127. The average molecular weight is 423 g/mol. The Morgan fingerprint density at radius 3 is 2.40 bits per heavy atom. The van der Waals surface area contributed by atoms with E-state index in [1.54, 1.807) is 36.4 Å². The Morgan fingerprint density at radius 1 is 1.03 bits per heavy atom. The number of benzene rings is 2. The molecule has 0 atom stereocenters. The van der Waals surface area contributed by atoms with Crippen molar-refractivity contribution in [3.8, 4) is 0 Å². The summed E-state index contributed by atoms with van der Waals surface area (Å²) in [6, 6.07) is 12.4. The maximum atomic E-state index is 12.6. The van der Waals surface area contributed by atoms with Gasteiger partial charge in [0.2, 0.25) is 11.8 Å². The van der Waals surface area contributed by atoms with Crippen LogP contribution in [0.1, 0.15) is 23.6 Å². The second kappa shape index (κ2) is 8.96. The van der Waals surface area contributed by atoms with Crippen LogP contribution in [0.4, 0.5) is 16.2 Å². The number of aryl methyl sites for hydroxylation is 1. The van der Waals surface area contributed by atoms with Gasteiger partial charge in [-0.1, -0.05) is 24.3 Å². The molecule has 30 heavy (non-hydrogen) atoms. The molecule has 0 aliphatic carbocycles. The van der Waals surface area contributed by atoms with Crippen LogP contribution in [0.5, 0.6) is 0 Å². The van der Waals surface area contributed by atoms with Crippen LogP contribution in [0.25, 0.3) is 6.08 Å². The second-order valence-electron chi connectivity index (χ2n) is 6.87. The van der Waals surface area contributed by atoms with E-state index in [0.29, 0.717) is 16.9 Å². The van der Waals surface area contributed by atoms with Crippen LogP contribution in [0.2, 0.25) is 0 Å². The number of carbonyl (C=O) groups is 4. The third kappa shape index (κ3) is 4.96. The molecule has 1 fully saturated rings. The molecule has 0 saturated carbocycles. The van der Waals surface area contributed by atoms with Crippen LogP contribution >= 0.6 is 11.8 Å². The number of nitrogens with one attached hydrogen (secondary N) is 2. The number of nitrogens with zero attached hydrogens (tertiary/aromatic N) is 1. The zero-order chi connectivity index (χ0) is 21.8. The Balaban J connectivity index is 1.68. The molecule has 1 aliphatic heterocycles. The normalized spacial score (nSPS) is 14.9. The molecular formula is C22H21N3O4S. The van der Waals surface area contributed by atoms with Crippen molar-refractivity contribution >= 4 is 52.2 Å². The Morgan fingerprint density at radius 2 is 1.73 bits per heavy atom. The fourth-order valence-corrected chi connectivity index (χ4v) is 3.71. The number of anilines is 2. The third-order valence-electron chi connectivity index (χ3n) is 4.58. The van der Waals surface area contributed by atoms with Gasteiger partial charge in [-0.25, -0.2) is 0 Å². The van der Waals surface area contributed by atoms with Crippen LogP contribution in [-0.4, -0.2) is 34.4 Å². The molecule has 4 amide bonds. The number of carbonyl (C=O) groups excluding carboxylic acids is 4. The van der Waals surface area contributed by atoms with E-state index in [9.17, 15) is 19.2 Å². The largest absolute Gasteiger partial charge is 0.326 e. The molecule has 0 radical (unpaired) electrons. The van der Waals surface area contributed by atoms with Crippen molar-refractivity contribution < 1.29 is 19.2 Å². The van der Waals surface area contributed by atoms with Crippen LogP contribution in [0, 0.1) is 13.8 Å². The first-order valence-electron chi connectivity index (χ1n) is 9.23. The van der Waals surface area contributed by atoms with E-state index in [4.69, 9.17) is 0 Å². The molecule has 8 heteroatoms. The van der Waals surface area contributed by atoms with Crippen molar-refractivity contribution in [1.82, 2.24) is 4.90 Å². The van der Waals surface area contributed by atoms with Crippen LogP contribution in [0.3, 0.4) is 0 Å². The summed E-state index contributed by atoms with van der Waals surface area (Å²) in [6.07, 6.45) is 1.59. The van der Waals surface area contributed by atoms with E-state index in [1.807, 2.05) is 26.0 Å². The van der Waals surface area contributed by atoms with Crippen molar-refractivity contribution in [3.63, 3.8) is 0 Å². The highest BCUT2D eigenvalue weighted by Crippen LogP contribution is 2.32. The minimum atomic E-state index is -0.507. The van der Waals surface area contributed by atoms with Crippen molar-refractivity contribution in [2.45, 2.75) is 20.8 Å². The molecule has 0 unspecified atom stereocenters.